The summed E-state index contributed by atoms with van der Waals surface area (Å²) in [5.74, 6) is -0.459. The molecular formula is C21H25N3OS. The van der Waals surface area contributed by atoms with E-state index in [9.17, 15) is 4.79 Å². The zero-order valence-electron chi connectivity index (χ0n) is 15.5. The van der Waals surface area contributed by atoms with E-state index >= 15 is 0 Å². The van der Waals surface area contributed by atoms with Gasteiger partial charge in [-0.3, -0.25) is 4.79 Å². The normalized spacial score (nSPS) is 9.50. The molecule has 0 unspecified atom stereocenters. The van der Waals surface area contributed by atoms with Gasteiger partial charge in [-0.2, -0.15) is 0 Å². The second-order valence-corrected chi connectivity index (χ2v) is 6.13. The predicted molar refractivity (Wildman–Crippen MR) is 113 cm³/mol. The summed E-state index contributed by atoms with van der Waals surface area (Å²) in [5, 5.41) is 2.01. The molecule has 1 heterocycles. The molecule has 0 radical (unpaired) electrons. The van der Waals surface area contributed by atoms with Gasteiger partial charge in [-0.25, -0.2) is 4.98 Å². The van der Waals surface area contributed by atoms with E-state index in [1.165, 1.54) is 6.42 Å². The zero-order chi connectivity index (χ0) is 19.7. The minimum atomic E-state index is -0.459. The van der Waals surface area contributed by atoms with E-state index in [0.29, 0.717) is 15.7 Å². The Morgan fingerprint density at radius 2 is 1.69 bits per heavy atom. The summed E-state index contributed by atoms with van der Waals surface area (Å²) >= 11 is 5.06. The van der Waals surface area contributed by atoms with Crippen molar-refractivity contribution in [3.63, 3.8) is 0 Å². The van der Waals surface area contributed by atoms with Gasteiger partial charge in [0.05, 0.1) is 16.7 Å². The van der Waals surface area contributed by atoms with E-state index in [1.807, 2.05) is 31.2 Å². The fourth-order valence-electron chi connectivity index (χ4n) is 1.88. The summed E-state index contributed by atoms with van der Waals surface area (Å²) in [5.41, 5.74) is 7.85. The fraction of sp³-hybridized carbons (Fsp3) is 0.190. The standard InChI is InChI=1S/C10H9N3OS.C8H8.C3H8/c1-5-10(15)13-7-3-2-6(9(11)14)4-8(7)12-5;1-7-5-3-4-6-8(7)2;1-3-2/h2-4H,1H3,(H2,11,14)(H,13,15);3-6H,1-2H2;3H2,1-2H3. The molecule has 0 aliphatic rings. The summed E-state index contributed by atoms with van der Waals surface area (Å²) in [6.07, 6.45) is 1.25. The molecule has 3 N–H and O–H groups in total. The Kier molecular flexibility index (Phi) is 8.38. The monoisotopic (exact) mass is 367 g/mol. The fourth-order valence-corrected chi connectivity index (χ4v) is 2.04. The number of hydrogen-bond donors (Lipinski definition) is 2. The van der Waals surface area contributed by atoms with Crippen LogP contribution in [0.15, 0.2) is 42.5 Å². The Balaban J connectivity index is 0.000000258. The van der Waals surface area contributed by atoms with Gasteiger partial charge < -0.3 is 10.7 Å². The summed E-state index contributed by atoms with van der Waals surface area (Å²) in [6.45, 7) is 13.6. The molecule has 0 saturated carbocycles. The van der Waals surface area contributed by atoms with Crippen LogP contribution in [0.1, 0.15) is 36.3 Å². The minimum absolute atomic E-state index is 0.444. The molecule has 0 aliphatic carbocycles. The molecule has 3 aromatic rings. The van der Waals surface area contributed by atoms with Gasteiger partial charge in [0, 0.05) is 5.56 Å². The topological polar surface area (TPSA) is 71.8 Å². The molecule has 0 atom stereocenters. The quantitative estimate of drug-likeness (QED) is 0.645. The zero-order valence-corrected chi connectivity index (χ0v) is 16.3. The predicted octanol–water partition coefficient (Wildman–Crippen LogP) is 3.62. The van der Waals surface area contributed by atoms with Crippen molar-refractivity contribution < 1.29 is 4.79 Å². The summed E-state index contributed by atoms with van der Waals surface area (Å²) in [6, 6.07) is 12.8. The molecule has 0 saturated heterocycles. The highest BCUT2D eigenvalue weighted by Gasteiger charge is 2.03. The second-order valence-electron chi connectivity index (χ2n) is 5.72. The van der Waals surface area contributed by atoms with Crippen molar-refractivity contribution in [2.75, 3.05) is 0 Å². The summed E-state index contributed by atoms with van der Waals surface area (Å²) < 4.78 is 0.606. The number of hydrogen-bond acceptors (Lipinski definition) is 3. The van der Waals surface area contributed by atoms with Gasteiger partial charge in [0.2, 0.25) is 5.91 Å². The molecule has 0 aliphatic heterocycles. The number of primary amides is 1. The number of nitrogens with one attached hydrogen (secondary N) is 1. The lowest BCUT2D eigenvalue weighted by atomic mass is 10.2. The van der Waals surface area contributed by atoms with Crippen molar-refractivity contribution in [3.05, 3.63) is 68.8 Å². The molecule has 0 spiro atoms. The van der Waals surface area contributed by atoms with E-state index in [1.54, 1.807) is 18.2 Å². The minimum Gasteiger partial charge on any atom is -0.366 e. The summed E-state index contributed by atoms with van der Waals surface area (Å²) in [7, 11) is 0. The average Bonchev–Trinajstić information content (AvgIpc) is 2.59. The van der Waals surface area contributed by atoms with Crippen LogP contribution in [0.3, 0.4) is 0 Å². The number of carbonyl (C=O) groups is 1. The summed E-state index contributed by atoms with van der Waals surface area (Å²) in [4.78, 5) is 18.3. The molecule has 1 aromatic heterocycles. The van der Waals surface area contributed by atoms with Crippen LogP contribution in [0.4, 0.5) is 0 Å². The highest BCUT2D eigenvalue weighted by atomic mass is 32.1. The second kappa shape index (κ2) is 10.3. The number of rotatable bonds is 1. The molecule has 0 bridgehead atoms. The van der Waals surface area contributed by atoms with Gasteiger partial charge in [0.1, 0.15) is 4.64 Å². The largest absolute Gasteiger partial charge is 0.366 e. The Hall–Kier alpha value is -2.79. The van der Waals surface area contributed by atoms with Crippen LogP contribution in [0.25, 0.3) is 24.2 Å². The number of H-pyrrole nitrogens is 1. The molecule has 136 valence electrons. The van der Waals surface area contributed by atoms with Crippen LogP contribution in [-0.2, 0) is 0 Å². The van der Waals surface area contributed by atoms with Gasteiger partial charge >= 0.3 is 0 Å². The van der Waals surface area contributed by atoms with Crippen molar-refractivity contribution in [2.24, 2.45) is 5.73 Å². The Morgan fingerprint density at radius 3 is 2.15 bits per heavy atom. The number of fused-ring (bicyclic) bond motifs is 1. The molecule has 3 rings (SSSR count). The number of aromatic nitrogens is 2. The molecule has 5 heteroatoms. The molecule has 4 nitrogen and oxygen atoms in total. The first kappa shape index (κ1) is 21.3. The van der Waals surface area contributed by atoms with Crippen LogP contribution < -0.4 is 16.2 Å². The Labute approximate surface area is 159 Å². The van der Waals surface area contributed by atoms with Gasteiger partial charge in [0.25, 0.3) is 0 Å². The Bertz CT molecular complexity index is 1010. The van der Waals surface area contributed by atoms with Crippen molar-refractivity contribution >= 4 is 42.3 Å². The smallest absolute Gasteiger partial charge is 0.248 e. The van der Waals surface area contributed by atoms with E-state index < -0.39 is 5.91 Å². The Morgan fingerprint density at radius 1 is 1.15 bits per heavy atom. The van der Waals surface area contributed by atoms with Crippen LogP contribution in [-0.4, -0.2) is 15.9 Å². The van der Waals surface area contributed by atoms with E-state index in [-0.39, 0.29) is 0 Å². The number of amides is 1. The SMILES string of the molecule is C=c1ccccc1=C.CCC.Cc1nc2cc(C(N)=O)ccc2[nH]c1=S. The number of aryl methyl sites for hydroxylation is 1. The maximum Gasteiger partial charge on any atom is 0.248 e. The first-order valence-electron chi connectivity index (χ1n) is 8.33. The van der Waals surface area contributed by atoms with Crippen molar-refractivity contribution in [3.8, 4) is 0 Å². The molecular weight excluding hydrogens is 342 g/mol. The number of nitrogens with two attached hydrogens (primary N) is 1. The highest BCUT2D eigenvalue weighted by molar-refractivity contribution is 7.71. The van der Waals surface area contributed by atoms with Gasteiger partial charge in [-0.15, -0.1) is 0 Å². The van der Waals surface area contributed by atoms with Crippen LogP contribution in [0.5, 0.6) is 0 Å². The lowest BCUT2D eigenvalue weighted by molar-refractivity contribution is 0.100. The highest BCUT2D eigenvalue weighted by Crippen LogP contribution is 2.12. The molecule has 1 amide bonds. The number of nitrogens with zero attached hydrogens (tertiary/aromatic N) is 1. The molecule has 0 fully saturated rings. The van der Waals surface area contributed by atoms with E-state index in [2.05, 4.69) is 37.0 Å². The lowest BCUT2D eigenvalue weighted by Crippen LogP contribution is -2.19. The maximum absolute atomic E-state index is 11.0. The molecule has 2 aromatic carbocycles. The van der Waals surface area contributed by atoms with Gasteiger partial charge in [-0.1, -0.05) is 69.9 Å². The van der Waals surface area contributed by atoms with Gasteiger partial charge in [-0.05, 0) is 35.6 Å². The third kappa shape index (κ3) is 6.26. The van der Waals surface area contributed by atoms with Crippen LogP contribution in [0, 0.1) is 11.6 Å². The first-order valence-corrected chi connectivity index (χ1v) is 8.74. The van der Waals surface area contributed by atoms with Crippen molar-refractivity contribution in [1.82, 2.24) is 9.97 Å². The van der Waals surface area contributed by atoms with E-state index in [0.717, 1.165) is 21.6 Å². The maximum atomic E-state index is 11.0. The first-order chi connectivity index (χ1) is 12.3. The van der Waals surface area contributed by atoms with Crippen molar-refractivity contribution in [1.29, 1.82) is 0 Å². The number of carbonyl (C=O) groups excluding carboxylic acids is 1. The van der Waals surface area contributed by atoms with Crippen LogP contribution in [0.2, 0.25) is 0 Å². The number of aromatic amines is 1. The van der Waals surface area contributed by atoms with Crippen LogP contribution >= 0.6 is 12.2 Å². The molecule has 26 heavy (non-hydrogen) atoms. The van der Waals surface area contributed by atoms with E-state index in [4.69, 9.17) is 18.0 Å². The number of benzene rings is 2. The average molecular weight is 368 g/mol. The van der Waals surface area contributed by atoms with Gasteiger partial charge in [0.15, 0.2) is 0 Å². The lowest BCUT2D eigenvalue weighted by Gasteiger charge is -2.01. The van der Waals surface area contributed by atoms with Crippen molar-refractivity contribution in [2.45, 2.75) is 27.2 Å². The third-order valence-corrected chi connectivity index (χ3v) is 3.66. The third-order valence-electron chi connectivity index (χ3n) is 3.27.